The SMILES string of the molecule is CCOc1cc(C2NC(=O)N=C(c3cccc(C#N)c3)C2c2ccccc2)cc([N+](=O)[O-])c1O. The van der Waals surface area contributed by atoms with Crippen LogP contribution in [-0.2, 0) is 0 Å². The lowest BCUT2D eigenvalue weighted by atomic mass is 9.79. The van der Waals surface area contributed by atoms with E-state index in [0.717, 1.165) is 5.56 Å². The molecule has 1 aliphatic heterocycles. The molecule has 4 rings (SSSR count). The minimum atomic E-state index is -0.758. The molecule has 2 N–H and O–H groups in total. The molecule has 2 atom stereocenters. The van der Waals surface area contributed by atoms with E-state index < -0.39 is 34.4 Å². The third-order valence-corrected chi connectivity index (χ3v) is 5.51. The topological polar surface area (TPSA) is 138 Å². The number of urea groups is 1. The van der Waals surface area contributed by atoms with Crippen molar-refractivity contribution in [2.24, 2.45) is 4.99 Å². The number of hydrogen-bond acceptors (Lipinski definition) is 6. The average Bonchev–Trinajstić information content (AvgIpc) is 2.85. The number of nitriles is 1. The molecule has 0 bridgehead atoms. The smallest absolute Gasteiger partial charge is 0.341 e. The van der Waals surface area contributed by atoms with Crippen molar-refractivity contribution in [1.29, 1.82) is 5.26 Å². The maximum absolute atomic E-state index is 12.7. The highest BCUT2D eigenvalue weighted by Gasteiger charge is 2.37. The van der Waals surface area contributed by atoms with E-state index in [-0.39, 0.29) is 12.4 Å². The summed E-state index contributed by atoms with van der Waals surface area (Å²) in [6, 6.07) is 19.5. The van der Waals surface area contributed by atoms with Gasteiger partial charge in [0.1, 0.15) is 0 Å². The molecule has 9 nitrogen and oxygen atoms in total. The Morgan fingerprint density at radius 2 is 1.91 bits per heavy atom. The number of rotatable bonds is 6. The number of aromatic hydroxyl groups is 1. The average molecular weight is 456 g/mol. The molecule has 170 valence electrons. The summed E-state index contributed by atoms with van der Waals surface area (Å²) in [6.07, 6.45) is 0. The number of nitrogens with zero attached hydrogens (tertiary/aromatic N) is 3. The monoisotopic (exact) mass is 456 g/mol. The van der Waals surface area contributed by atoms with Crippen LogP contribution in [0.3, 0.4) is 0 Å². The van der Waals surface area contributed by atoms with Gasteiger partial charge in [0.2, 0.25) is 5.75 Å². The molecule has 1 heterocycles. The van der Waals surface area contributed by atoms with Crippen LogP contribution < -0.4 is 10.1 Å². The van der Waals surface area contributed by atoms with Crippen molar-refractivity contribution in [3.05, 3.63) is 99.1 Å². The Bertz CT molecular complexity index is 1330. The fourth-order valence-corrected chi connectivity index (χ4v) is 4.06. The minimum absolute atomic E-state index is 0.0525. The van der Waals surface area contributed by atoms with Crippen molar-refractivity contribution in [2.45, 2.75) is 18.9 Å². The van der Waals surface area contributed by atoms with Gasteiger partial charge in [0.25, 0.3) is 0 Å². The number of phenolic OH excluding ortho intramolecular Hbond substituents is 1. The van der Waals surface area contributed by atoms with Crippen LogP contribution in [0, 0.1) is 21.4 Å². The predicted molar refractivity (Wildman–Crippen MR) is 124 cm³/mol. The van der Waals surface area contributed by atoms with Crippen LogP contribution in [0.5, 0.6) is 11.5 Å². The quantitative estimate of drug-likeness (QED) is 0.410. The van der Waals surface area contributed by atoms with Crippen molar-refractivity contribution in [2.75, 3.05) is 6.61 Å². The molecule has 2 unspecified atom stereocenters. The number of aliphatic imine (C=N–C) groups is 1. The number of amides is 2. The van der Waals surface area contributed by atoms with Crippen LogP contribution in [-0.4, -0.2) is 28.4 Å². The Kier molecular flexibility index (Phi) is 6.23. The molecule has 0 fully saturated rings. The molecule has 3 aromatic carbocycles. The Balaban J connectivity index is 1.93. The third-order valence-electron chi connectivity index (χ3n) is 5.51. The highest BCUT2D eigenvalue weighted by atomic mass is 16.6. The molecular weight excluding hydrogens is 436 g/mol. The molecule has 0 saturated carbocycles. The van der Waals surface area contributed by atoms with Crippen LogP contribution in [0.25, 0.3) is 0 Å². The van der Waals surface area contributed by atoms with E-state index in [1.54, 1.807) is 31.2 Å². The first-order valence-corrected chi connectivity index (χ1v) is 10.5. The van der Waals surface area contributed by atoms with Gasteiger partial charge in [-0.3, -0.25) is 10.1 Å². The van der Waals surface area contributed by atoms with Gasteiger partial charge in [0.05, 0.1) is 40.8 Å². The first-order valence-electron chi connectivity index (χ1n) is 10.5. The summed E-state index contributed by atoms with van der Waals surface area (Å²) in [6.45, 7) is 1.88. The number of hydrogen-bond donors (Lipinski definition) is 2. The first kappa shape index (κ1) is 22.5. The lowest BCUT2D eigenvalue weighted by Crippen LogP contribution is -2.40. The van der Waals surface area contributed by atoms with Gasteiger partial charge < -0.3 is 15.2 Å². The van der Waals surface area contributed by atoms with E-state index in [0.29, 0.717) is 22.4 Å². The molecule has 0 aliphatic carbocycles. The molecule has 3 aromatic rings. The van der Waals surface area contributed by atoms with Gasteiger partial charge >= 0.3 is 11.7 Å². The van der Waals surface area contributed by atoms with Gasteiger partial charge in [0, 0.05) is 6.07 Å². The van der Waals surface area contributed by atoms with E-state index in [2.05, 4.69) is 16.4 Å². The van der Waals surface area contributed by atoms with E-state index in [1.165, 1.54) is 12.1 Å². The van der Waals surface area contributed by atoms with Crippen molar-refractivity contribution < 1.29 is 19.6 Å². The maximum Gasteiger partial charge on any atom is 0.341 e. The van der Waals surface area contributed by atoms with Crippen LogP contribution >= 0.6 is 0 Å². The van der Waals surface area contributed by atoms with Crippen molar-refractivity contribution in [3.63, 3.8) is 0 Å². The summed E-state index contributed by atoms with van der Waals surface area (Å²) in [5.41, 5.74) is 2.07. The Morgan fingerprint density at radius 3 is 2.59 bits per heavy atom. The van der Waals surface area contributed by atoms with Crippen LogP contribution in [0.15, 0.2) is 71.7 Å². The van der Waals surface area contributed by atoms with Crippen molar-refractivity contribution in [1.82, 2.24) is 5.32 Å². The molecule has 0 aromatic heterocycles. The number of nitro benzene ring substituents is 1. The highest BCUT2D eigenvalue weighted by Crippen LogP contribution is 2.43. The normalized spacial score (nSPS) is 17.3. The molecule has 0 saturated heterocycles. The zero-order valence-electron chi connectivity index (χ0n) is 18.1. The highest BCUT2D eigenvalue weighted by molar-refractivity contribution is 6.12. The first-order chi connectivity index (χ1) is 16.4. The molecule has 1 aliphatic rings. The standard InChI is InChI=1S/C25H20N4O5/c1-2-34-20-13-18(12-19(24(20)30)29(32)33)23-21(16-8-4-3-5-9-16)22(27-25(31)28-23)17-10-6-7-15(11-17)14-26/h3-13,21,23,30H,2H2,1H3,(H,28,31). The molecule has 9 heteroatoms. The summed E-state index contributed by atoms with van der Waals surface area (Å²) in [5, 5.41) is 34.1. The number of nitrogens with one attached hydrogen (secondary N) is 1. The number of benzene rings is 3. The fraction of sp³-hybridized carbons (Fsp3) is 0.160. The van der Waals surface area contributed by atoms with E-state index in [1.807, 2.05) is 30.3 Å². The van der Waals surface area contributed by atoms with Gasteiger partial charge in [-0.2, -0.15) is 10.3 Å². The van der Waals surface area contributed by atoms with Crippen LogP contribution in [0.4, 0.5) is 10.5 Å². The van der Waals surface area contributed by atoms with E-state index >= 15 is 0 Å². The molecule has 34 heavy (non-hydrogen) atoms. The predicted octanol–water partition coefficient (Wildman–Crippen LogP) is 4.61. The lowest BCUT2D eigenvalue weighted by molar-refractivity contribution is -0.386. The summed E-state index contributed by atoms with van der Waals surface area (Å²) < 4.78 is 5.44. The zero-order chi connectivity index (χ0) is 24.2. The van der Waals surface area contributed by atoms with Gasteiger partial charge in [-0.05, 0) is 41.8 Å². The van der Waals surface area contributed by atoms with Gasteiger partial charge in [-0.1, -0.05) is 42.5 Å². The number of carbonyl (C=O) groups excluding carboxylic acids is 1. The number of ether oxygens (including phenoxy) is 1. The number of carbonyl (C=O) groups is 1. The second-order valence-electron chi connectivity index (χ2n) is 7.58. The second kappa shape index (κ2) is 9.42. The third kappa shape index (κ3) is 4.29. The second-order valence-corrected chi connectivity index (χ2v) is 7.58. The maximum atomic E-state index is 12.7. The summed E-state index contributed by atoms with van der Waals surface area (Å²) in [4.78, 5) is 27.9. The van der Waals surface area contributed by atoms with Gasteiger partial charge in [-0.15, -0.1) is 0 Å². The number of phenols is 1. The summed E-state index contributed by atoms with van der Waals surface area (Å²) >= 11 is 0. The van der Waals surface area contributed by atoms with Crippen molar-refractivity contribution in [3.8, 4) is 17.6 Å². The van der Waals surface area contributed by atoms with Gasteiger partial charge in [-0.25, -0.2) is 4.79 Å². The number of nitro groups is 1. The van der Waals surface area contributed by atoms with Gasteiger partial charge in [0.15, 0.2) is 5.75 Å². The summed E-state index contributed by atoms with van der Waals surface area (Å²) in [5.74, 6) is -1.17. The summed E-state index contributed by atoms with van der Waals surface area (Å²) in [7, 11) is 0. The van der Waals surface area contributed by atoms with Crippen LogP contribution in [0.1, 0.15) is 41.1 Å². The molecule has 0 radical (unpaired) electrons. The lowest BCUT2D eigenvalue weighted by Gasteiger charge is -2.33. The Labute approximate surface area is 195 Å². The van der Waals surface area contributed by atoms with E-state index in [9.17, 15) is 25.3 Å². The van der Waals surface area contributed by atoms with E-state index in [4.69, 9.17) is 4.74 Å². The fourth-order valence-electron chi connectivity index (χ4n) is 4.06. The zero-order valence-corrected chi connectivity index (χ0v) is 18.1. The Hall–Kier alpha value is -4.71. The molecule has 0 spiro atoms. The minimum Gasteiger partial charge on any atom is -0.500 e. The molecular formula is C25H20N4O5. The van der Waals surface area contributed by atoms with Crippen molar-refractivity contribution >= 4 is 17.4 Å². The van der Waals surface area contributed by atoms with Crippen LogP contribution in [0.2, 0.25) is 0 Å². The molecule has 2 amide bonds. The Morgan fingerprint density at radius 1 is 1.15 bits per heavy atom. The largest absolute Gasteiger partial charge is 0.500 e.